The summed E-state index contributed by atoms with van der Waals surface area (Å²) in [6.07, 6.45) is 5.56. The van der Waals surface area contributed by atoms with E-state index in [1.165, 1.54) is 29.5 Å². The van der Waals surface area contributed by atoms with Crippen LogP contribution in [-0.4, -0.2) is 42.5 Å². The molecule has 0 radical (unpaired) electrons. The van der Waals surface area contributed by atoms with Crippen molar-refractivity contribution in [2.75, 3.05) is 24.6 Å². The van der Waals surface area contributed by atoms with Gasteiger partial charge in [-0.15, -0.1) is 0 Å². The Morgan fingerprint density at radius 3 is 2.69 bits per heavy atom. The van der Waals surface area contributed by atoms with Crippen molar-refractivity contribution in [3.8, 4) is 0 Å². The van der Waals surface area contributed by atoms with Gasteiger partial charge in [0.2, 0.25) is 5.91 Å². The number of benzene rings is 1. The number of nitrogens with zero attached hydrogens (tertiary/aromatic N) is 2. The zero-order valence-corrected chi connectivity index (χ0v) is 15.0. The Hall–Kier alpha value is -2.48. The first-order valence-electron chi connectivity index (χ1n) is 8.95. The highest BCUT2D eigenvalue weighted by Crippen LogP contribution is 2.22. The Labute approximate surface area is 152 Å². The highest BCUT2D eigenvalue weighted by atomic mass is 16.6. The third-order valence-electron chi connectivity index (χ3n) is 4.39. The molecule has 26 heavy (non-hydrogen) atoms. The van der Waals surface area contributed by atoms with Crippen molar-refractivity contribution >= 4 is 23.3 Å². The van der Waals surface area contributed by atoms with Gasteiger partial charge in [-0.05, 0) is 25.8 Å². The molecule has 1 aliphatic rings. The van der Waals surface area contributed by atoms with E-state index in [2.05, 4.69) is 5.32 Å². The molecule has 1 amide bonds. The Morgan fingerprint density at radius 1 is 1.31 bits per heavy atom. The maximum Gasteiger partial charge on any atom is 0.326 e. The fraction of sp³-hybridized carbons (Fsp3) is 0.556. The number of nitro benzene ring substituents is 1. The average Bonchev–Trinajstić information content (AvgIpc) is 2.65. The number of amides is 1. The highest BCUT2D eigenvalue weighted by molar-refractivity contribution is 5.99. The summed E-state index contributed by atoms with van der Waals surface area (Å²) in [7, 11) is 0. The molecule has 1 aromatic carbocycles. The number of hydrogen-bond acceptors (Lipinski definition) is 6. The van der Waals surface area contributed by atoms with E-state index in [-0.39, 0.29) is 31.3 Å². The number of rotatable bonds is 8. The molecule has 1 aromatic rings. The van der Waals surface area contributed by atoms with Crippen LogP contribution in [0.2, 0.25) is 0 Å². The molecule has 0 aliphatic heterocycles. The molecule has 0 bridgehead atoms. The summed E-state index contributed by atoms with van der Waals surface area (Å²) in [5, 5.41) is 14.2. The summed E-state index contributed by atoms with van der Waals surface area (Å²) < 4.78 is 4.93. The Bertz CT molecular complexity index is 643. The Morgan fingerprint density at radius 2 is 2.04 bits per heavy atom. The Kier molecular flexibility index (Phi) is 7.53. The number of nitrogens with one attached hydrogen (secondary N) is 1. The molecule has 1 aliphatic carbocycles. The predicted molar refractivity (Wildman–Crippen MR) is 97.0 cm³/mol. The first-order chi connectivity index (χ1) is 12.5. The molecule has 0 heterocycles. The van der Waals surface area contributed by atoms with Crippen molar-refractivity contribution in [1.82, 2.24) is 5.32 Å². The molecule has 8 heteroatoms. The van der Waals surface area contributed by atoms with Gasteiger partial charge in [-0.2, -0.15) is 0 Å². The molecule has 1 N–H and O–H groups in total. The number of nitro groups is 1. The van der Waals surface area contributed by atoms with Crippen molar-refractivity contribution in [3.63, 3.8) is 0 Å². The normalized spacial score (nSPS) is 14.7. The van der Waals surface area contributed by atoms with Crippen molar-refractivity contribution in [2.24, 2.45) is 0 Å². The van der Waals surface area contributed by atoms with Crippen LogP contribution < -0.4 is 10.2 Å². The molecule has 1 saturated carbocycles. The van der Waals surface area contributed by atoms with Crippen LogP contribution in [0, 0.1) is 10.1 Å². The van der Waals surface area contributed by atoms with E-state index in [1.54, 1.807) is 13.0 Å². The van der Waals surface area contributed by atoms with Gasteiger partial charge in [0.15, 0.2) is 0 Å². The second kappa shape index (κ2) is 9.86. The zero-order valence-electron chi connectivity index (χ0n) is 15.0. The van der Waals surface area contributed by atoms with Gasteiger partial charge in [0.25, 0.3) is 5.69 Å². The van der Waals surface area contributed by atoms with Gasteiger partial charge in [-0.25, -0.2) is 0 Å². The summed E-state index contributed by atoms with van der Waals surface area (Å²) in [4.78, 5) is 36.3. The van der Waals surface area contributed by atoms with Crippen molar-refractivity contribution in [2.45, 2.75) is 45.1 Å². The third-order valence-corrected chi connectivity index (χ3v) is 4.39. The van der Waals surface area contributed by atoms with Crippen LogP contribution in [-0.2, 0) is 14.3 Å². The largest absolute Gasteiger partial charge is 0.465 e. The minimum atomic E-state index is -0.551. The van der Waals surface area contributed by atoms with E-state index in [0.29, 0.717) is 11.7 Å². The molecule has 0 spiro atoms. The Balaban J connectivity index is 2.11. The van der Waals surface area contributed by atoms with Gasteiger partial charge in [0, 0.05) is 18.2 Å². The van der Waals surface area contributed by atoms with Crippen LogP contribution in [0.15, 0.2) is 24.3 Å². The van der Waals surface area contributed by atoms with Crippen molar-refractivity contribution in [1.29, 1.82) is 0 Å². The molecule has 142 valence electrons. The monoisotopic (exact) mass is 363 g/mol. The lowest BCUT2D eigenvalue weighted by atomic mass is 9.95. The fourth-order valence-corrected chi connectivity index (χ4v) is 3.07. The van der Waals surface area contributed by atoms with Crippen molar-refractivity contribution < 1.29 is 19.2 Å². The van der Waals surface area contributed by atoms with Gasteiger partial charge in [-0.3, -0.25) is 24.6 Å². The van der Waals surface area contributed by atoms with Crippen LogP contribution >= 0.6 is 0 Å². The minimum absolute atomic E-state index is 0.0762. The van der Waals surface area contributed by atoms with E-state index in [1.807, 2.05) is 0 Å². The number of ether oxygens (including phenoxy) is 1. The molecule has 0 aromatic heterocycles. The second-order valence-electron chi connectivity index (χ2n) is 6.28. The topological polar surface area (TPSA) is 102 Å². The molecule has 0 unspecified atom stereocenters. The highest BCUT2D eigenvalue weighted by Gasteiger charge is 2.23. The quantitative estimate of drug-likeness (QED) is 0.432. The third kappa shape index (κ3) is 5.80. The average molecular weight is 363 g/mol. The molecule has 2 rings (SSSR count). The smallest absolute Gasteiger partial charge is 0.326 e. The second-order valence-corrected chi connectivity index (χ2v) is 6.28. The lowest BCUT2D eigenvalue weighted by molar-refractivity contribution is -0.384. The van der Waals surface area contributed by atoms with E-state index in [9.17, 15) is 19.7 Å². The van der Waals surface area contributed by atoms with Gasteiger partial charge < -0.3 is 10.1 Å². The van der Waals surface area contributed by atoms with Crippen molar-refractivity contribution in [3.05, 3.63) is 34.4 Å². The van der Waals surface area contributed by atoms with Gasteiger partial charge in [-0.1, -0.05) is 25.3 Å². The van der Waals surface area contributed by atoms with E-state index in [4.69, 9.17) is 4.74 Å². The van der Waals surface area contributed by atoms with E-state index >= 15 is 0 Å². The summed E-state index contributed by atoms with van der Waals surface area (Å²) in [5.41, 5.74) is 0.173. The summed E-state index contributed by atoms with van der Waals surface area (Å²) in [6.45, 7) is 1.69. The number of carbonyl (C=O) groups excluding carboxylic acids is 2. The number of carbonyl (C=O) groups is 2. The molecular formula is C18H25N3O5. The number of esters is 1. The predicted octanol–water partition coefficient (Wildman–Crippen LogP) is 2.41. The molecule has 1 fully saturated rings. The number of hydrogen-bond donors (Lipinski definition) is 1. The molecular weight excluding hydrogens is 338 g/mol. The summed E-state index contributed by atoms with van der Waals surface area (Å²) in [5.74, 6) is -0.867. The van der Waals surface area contributed by atoms with Gasteiger partial charge in [0.05, 0.1) is 23.8 Å². The summed E-state index contributed by atoms with van der Waals surface area (Å²) >= 11 is 0. The molecule has 0 atom stereocenters. The maximum atomic E-state index is 12.7. The zero-order chi connectivity index (χ0) is 18.9. The van der Waals surface area contributed by atoms with Crippen LogP contribution in [0.1, 0.15) is 39.0 Å². The van der Waals surface area contributed by atoms with Gasteiger partial charge >= 0.3 is 5.97 Å². The van der Waals surface area contributed by atoms with E-state index in [0.717, 1.165) is 25.7 Å². The maximum absolute atomic E-state index is 12.7. The van der Waals surface area contributed by atoms with E-state index < -0.39 is 10.9 Å². The van der Waals surface area contributed by atoms with Crippen LogP contribution in [0.25, 0.3) is 0 Å². The number of anilines is 1. The fourth-order valence-electron chi connectivity index (χ4n) is 3.07. The molecule has 0 saturated heterocycles. The lowest BCUT2D eigenvalue weighted by Crippen LogP contribution is -2.44. The SMILES string of the molecule is CCOC(=O)CN(C(=O)CNC1CCCCC1)c1cccc([N+](=O)[O-])c1. The lowest BCUT2D eigenvalue weighted by Gasteiger charge is -2.26. The van der Waals surface area contributed by atoms with Gasteiger partial charge in [0.1, 0.15) is 6.54 Å². The first-order valence-corrected chi connectivity index (χ1v) is 8.95. The first kappa shape index (κ1) is 19.8. The van der Waals surface area contributed by atoms with Crippen LogP contribution in [0.5, 0.6) is 0 Å². The molecule has 8 nitrogen and oxygen atoms in total. The van der Waals surface area contributed by atoms with Crippen LogP contribution in [0.3, 0.4) is 0 Å². The summed E-state index contributed by atoms with van der Waals surface area (Å²) in [6, 6.07) is 5.99. The minimum Gasteiger partial charge on any atom is -0.465 e. The van der Waals surface area contributed by atoms with Crippen LogP contribution in [0.4, 0.5) is 11.4 Å². The standard InChI is InChI=1S/C18H25N3O5/c1-2-26-18(23)13-20(15-9-6-10-16(11-15)21(24)25)17(22)12-19-14-7-4-3-5-8-14/h6,9-11,14,19H,2-5,7-8,12-13H2,1H3. The number of non-ortho nitro benzene ring substituents is 1.